The number of ether oxygens (including phenoxy) is 1. The summed E-state index contributed by atoms with van der Waals surface area (Å²) in [6, 6.07) is 19.4. The minimum Gasteiger partial charge on any atom is -0.406 e. The number of amides is 3. The second-order valence-corrected chi connectivity index (χ2v) is 9.78. The third-order valence-electron chi connectivity index (χ3n) is 5.60. The van der Waals surface area contributed by atoms with E-state index in [1.807, 2.05) is 38.1 Å². The predicted octanol–water partition coefficient (Wildman–Crippen LogP) is 7.00. The van der Waals surface area contributed by atoms with Crippen LogP contribution < -0.4 is 15.0 Å². The number of alkyl halides is 3. The fourth-order valence-electron chi connectivity index (χ4n) is 3.80. The van der Waals surface area contributed by atoms with E-state index in [0.717, 1.165) is 16.8 Å². The Morgan fingerprint density at radius 2 is 1.77 bits per heavy atom. The third kappa shape index (κ3) is 7.70. The highest BCUT2D eigenvalue weighted by atomic mass is 32.2. The van der Waals surface area contributed by atoms with Gasteiger partial charge in [-0.1, -0.05) is 55.9 Å². The smallest absolute Gasteiger partial charge is 0.406 e. The number of hydrogen-bond donors (Lipinski definition) is 1. The van der Waals surface area contributed by atoms with Gasteiger partial charge in [-0.05, 0) is 65.1 Å². The average molecular weight is 555 g/mol. The molecule has 1 saturated heterocycles. The Balaban J connectivity index is 1.35. The van der Waals surface area contributed by atoms with Crippen molar-refractivity contribution < 1.29 is 27.5 Å². The van der Waals surface area contributed by atoms with Crippen molar-refractivity contribution in [3.63, 3.8) is 0 Å². The number of aliphatic imine (C=N–C) groups is 2. The van der Waals surface area contributed by atoms with Crippen molar-refractivity contribution in [1.29, 1.82) is 0 Å². The second-order valence-electron chi connectivity index (χ2n) is 8.84. The molecule has 0 aromatic heterocycles. The Bertz CT molecular complexity index is 1390. The molecule has 0 radical (unpaired) electrons. The molecule has 1 N–H and O–H groups in total. The van der Waals surface area contributed by atoms with Crippen molar-refractivity contribution in [2.45, 2.75) is 32.7 Å². The van der Waals surface area contributed by atoms with Gasteiger partial charge in [0.2, 0.25) is 5.91 Å². The molecule has 1 heterocycles. The molecule has 0 bridgehead atoms. The molecule has 4 rings (SSSR count). The summed E-state index contributed by atoms with van der Waals surface area (Å²) in [6.45, 7) is 4.42. The molecule has 1 aliphatic rings. The number of thioether (sulfide) groups is 1. The number of carbonyl (C=O) groups excluding carboxylic acids is 2. The quantitative estimate of drug-likeness (QED) is 0.319. The van der Waals surface area contributed by atoms with Crippen LogP contribution in [-0.2, 0) is 11.3 Å². The van der Waals surface area contributed by atoms with Gasteiger partial charge in [-0.15, -0.1) is 13.2 Å². The lowest BCUT2D eigenvalue weighted by Crippen LogP contribution is -2.31. The molecule has 0 atom stereocenters. The molecule has 7 nitrogen and oxygen atoms in total. The van der Waals surface area contributed by atoms with E-state index in [2.05, 4.69) is 20.0 Å². The minimum atomic E-state index is -4.73. The molecule has 11 heteroatoms. The van der Waals surface area contributed by atoms with Crippen molar-refractivity contribution in [2.75, 3.05) is 16.0 Å². The highest BCUT2D eigenvalue weighted by molar-refractivity contribution is 8.15. The summed E-state index contributed by atoms with van der Waals surface area (Å²) in [7, 11) is 0. The summed E-state index contributed by atoms with van der Waals surface area (Å²) in [5, 5.41) is 3.04. The van der Waals surface area contributed by atoms with Crippen LogP contribution in [0.1, 0.15) is 36.5 Å². The van der Waals surface area contributed by atoms with E-state index in [1.54, 1.807) is 30.5 Å². The minimum absolute atomic E-state index is 0.129. The Morgan fingerprint density at radius 1 is 1.08 bits per heavy atom. The molecule has 1 fully saturated rings. The molecule has 0 saturated carbocycles. The molecule has 3 aromatic carbocycles. The zero-order valence-electron chi connectivity index (χ0n) is 21.1. The van der Waals surface area contributed by atoms with E-state index >= 15 is 0 Å². The molecule has 0 spiro atoms. The van der Waals surface area contributed by atoms with Crippen LogP contribution in [-0.4, -0.2) is 35.4 Å². The Hall–Kier alpha value is -4.12. The molecule has 39 heavy (non-hydrogen) atoms. The topological polar surface area (TPSA) is 83.4 Å². The van der Waals surface area contributed by atoms with Crippen LogP contribution in [0.25, 0.3) is 0 Å². The van der Waals surface area contributed by atoms with E-state index in [9.17, 15) is 22.8 Å². The number of urea groups is 1. The monoisotopic (exact) mass is 554 g/mol. The van der Waals surface area contributed by atoms with Gasteiger partial charge < -0.3 is 10.1 Å². The summed E-state index contributed by atoms with van der Waals surface area (Å²) < 4.78 is 40.6. The molecule has 3 amide bonds. The van der Waals surface area contributed by atoms with Crippen molar-refractivity contribution in [3.8, 4) is 5.75 Å². The third-order valence-corrected chi connectivity index (χ3v) is 6.52. The van der Waals surface area contributed by atoms with Crippen LogP contribution in [0.15, 0.2) is 82.8 Å². The molecule has 0 aliphatic carbocycles. The van der Waals surface area contributed by atoms with Crippen LogP contribution in [0.4, 0.5) is 29.3 Å². The number of amidine groups is 1. The Kier molecular flexibility index (Phi) is 8.70. The van der Waals surface area contributed by atoms with E-state index in [-0.39, 0.29) is 23.3 Å². The van der Waals surface area contributed by atoms with E-state index < -0.39 is 12.4 Å². The van der Waals surface area contributed by atoms with Gasteiger partial charge in [0.25, 0.3) is 0 Å². The Morgan fingerprint density at radius 3 is 2.44 bits per heavy atom. The maximum Gasteiger partial charge on any atom is 0.573 e. The summed E-state index contributed by atoms with van der Waals surface area (Å²) in [5.41, 5.74) is 3.74. The van der Waals surface area contributed by atoms with Gasteiger partial charge >= 0.3 is 12.4 Å². The first kappa shape index (κ1) is 27.9. The fourth-order valence-corrected chi connectivity index (χ4v) is 4.66. The summed E-state index contributed by atoms with van der Waals surface area (Å²) in [5.74, 6) is -0.0288. The van der Waals surface area contributed by atoms with Crippen molar-refractivity contribution in [2.24, 2.45) is 9.98 Å². The molecular formula is C28H25F3N4O3S. The number of nitrogens with zero attached hydrogens (tertiary/aromatic N) is 3. The Labute approximate surface area is 227 Å². The summed E-state index contributed by atoms with van der Waals surface area (Å²) in [6.07, 6.45) is -3.18. The second kappa shape index (κ2) is 12.2. The van der Waals surface area contributed by atoms with Crippen molar-refractivity contribution >= 4 is 46.5 Å². The number of anilines is 2. The number of carbonyl (C=O) groups is 2. The molecular weight excluding hydrogens is 529 g/mol. The largest absolute Gasteiger partial charge is 0.573 e. The number of rotatable bonds is 7. The molecule has 3 aromatic rings. The first-order chi connectivity index (χ1) is 18.6. The zero-order chi connectivity index (χ0) is 28.0. The predicted molar refractivity (Wildman–Crippen MR) is 148 cm³/mol. The normalized spacial score (nSPS) is 15.0. The van der Waals surface area contributed by atoms with Gasteiger partial charge in [-0.2, -0.15) is 4.99 Å². The molecule has 1 aliphatic heterocycles. The van der Waals surface area contributed by atoms with E-state index in [4.69, 9.17) is 0 Å². The number of benzene rings is 3. The molecule has 202 valence electrons. The lowest BCUT2D eigenvalue weighted by atomic mass is 10.0. The number of nitrogens with one attached hydrogen (secondary N) is 1. The maximum atomic E-state index is 12.6. The van der Waals surface area contributed by atoms with Crippen molar-refractivity contribution in [1.82, 2.24) is 0 Å². The van der Waals surface area contributed by atoms with Crippen LogP contribution in [0.2, 0.25) is 0 Å². The van der Waals surface area contributed by atoms with Gasteiger partial charge in [0.1, 0.15) is 5.75 Å². The first-order valence-electron chi connectivity index (χ1n) is 12.0. The van der Waals surface area contributed by atoms with Crippen molar-refractivity contribution in [3.05, 3.63) is 89.5 Å². The van der Waals surface area contributed by atoms with Crippen LogP contribution >= 0.6 is 11.8 Å². The summed E-state index contributed by atoms with van der Waals surface area (Å²) >= 11 is 1.22. The maximum absolute atomic E-state index is 12.6. The average Bonchev–Trinajstić information content (AvgIpc) is 3.24. The lowest BCUT2D eigenvalue weighted by molar-refractivity contribution is -0.274. The van der Waals surface area contributed by atoms with Gasteiger partial charge in [0.05, 0.1) is 18.0 Å². The van der Waals surface area contributed by atoms with Crippen LogP contribution in [0, 0.1) is 0 Å². The zero-order valence-corrected chi connectivity index (χ0v) is 21.9. The number of hydrogen-bond acceptors (Lipinski definition) is 5. The SMILES string of the molecule is CC(C)c1ccccc1N1C(=O)CSC1=NC(=O)Nc1ccc(CN=Cc2ccc(OC(F)(F)F)cc2)cc1. The lowest BCUT2D eigenvalue weighted by Gasteiger charge is -2.21. The molecule has 0 unspecified atom stereocenters. The number of para-hydroxylation sites is 1. The van der Waals surface area contributed by atoms with E-state index in [1.165, 1.54) is 40.9 Å². The van der Waals surface area contributed by atoms with Gasteiger partial charge in [-0.25, -0.2) is 4.79 Å². The highest BCUT2D eigenvalue weighted by Crippen LogP contribution is 2.33. The first-order valence-corrected chi connectivity index (χ1v) is 13.0. The van der Waals surface area contributed by atoms with Gasteiger partial charge in [0.15, 0.2) is 5.17 Å². The standard InChI is InChI=1S/C28H25F3N4O3S/c1-18(2)23-5-3-4-6-24(23)35-25(36)17-39-27(35)34-26(37)33-21-11-7-19(8-12-21)15-32-16-20-9-13-22(14-10-20)38-28(29,30)31/h3-14,16,18H,15,17H2,1-2H3,(H,33,37). The van der Waals surface area contributed by atoms with Gasteiger partial charge in [0, 0.05) is 11.9 Å². The number of halogens is 3. The highest BCUT2D eigenvalue weighted by Gasteiger charge is 2.32. The van der Waals surface area contributed by atoms with E-state index in [0.29, 0.717) is 23.0 Å². The fraction of sp³-hybridized carbons (Fsp3) is 0.214. The van der Waals surface area contributed by atoms with Crippen LogP contribution in [0.5, 0.6) is 5.75 Å². The van der Waals surface area contributed by atoms with Crippen LogP contribution in [0.3, 0.4) is 0 Å². The van der Waals surface area contributed by atoms with Gasteiger partial charge in [-0.3, -0.25) is 14.7 Å². The summed E-state index contributed by atoms with van der Waals surface area (Å²) in [4.78, 5) is 35.2.